The predicted molar refractivity (Wildman–Crippen MR) is 134 cm³/mol. The van der Waals surface area contributed by atoms with Crippen LogP contribution in [0.3, 0.4) is 0 Å². The highest BCUT2D eigenvalue weighted by Crippen LogP contribution is 2.42. The zero-order valence-corrected chi connectivity index (χ0v) is 21.7. The minimum Gasteiger partial charge on any atom is -0.451 e. The molecule has 37 heavy (non-hydrogen) atoms. The van der Waals surface area contributed by atoms with Crippen LogP contribution in [0.25, 0.3) is 0 Å². The molecule has 210 valence electrons. The van der Waals surface area contributed by atoms with E-state index in [-0.39, 0.29) is 41.7 Å². The van der Waals surface area contributed by atoms with E-state index in [9.17, 15) is 23.4 Å². The highest BCUT2D eigenvalue weighted by molar-refractivity contribution is 8.00. The maximum absolute atomic E-state index is 13.4. The Morgan fingerprint density at radius 1 is 1.35 bits per heavy atom. The summed E-state index contributed by atoms with van der Waals surface area (Å²) in [4.78, 5) is 0. The first kappa shape index (κ1) is 28.6. The zero-order valence-electron chi connectivity index (χ0n) is 20.9. The van der Waals surface area contributed by atoms with E-state index in [0.29, 0.717) is 31.8 Å². The van der Waals surface area contributed by atoms with Crippen LogP contribution in [-0.4, -0.2) is 84.2 Å². The molecule has 1 aliphatic carbocycles. The van der Waals surface area contributed by atoms with Crippen molar-refractivity contribution in [2.24, 2.45) is 22.9 Å². The number of allylic oxidation sites excluding steroid dienone is 2. The second kappa shape index (κ2) is 12.6. The number of aliphatic hydroxyl groups excluding tert-OH is 2. The number of thioether (sulfide) groups is 1. The molecule has 0 amide bonds. The Morgan fingerprint density at radius 2 is 2.16 bits per heavy atom. The Kier molecular flexibility index (Phi) is 9.78. The smallest absolute Gasteiger partial charge is 0.404 e. The monoisotopic (exact) mass is 550 g/mol. The molecule has 9 atom stereocenters. The van der Waals surface area contributed by atoms with Crippen molar-refractivity contribution in [1.82, 2.24) is 26.7 Å². The van der Waals surface area contributed by atoms with Gasteiger partial charge in [-0.15, -0.1) is 16.9 Å². The van der Waals surface area contributed by atoms with Gasteiger partial charge in [0.15, 0.2) is 12.6 Å². The summed E-state index contributed by atoms with van der Waals surface area (Å²) in [5.74, 6) is 0.267. The lowest BCUT2D eigenvalue weighted by atomic mass is 9.75. The fraction of sp³-hybridized carbons (Fsp3) is 0.783. The molecule has 0 aromatic heterocycles. The van der Waals surface area contributed by atoms with Gasteiger partial charge >= 0.3 is 6.18 Å². The number of nitrogens with one attached hydrogen (secondary N) is 5. The van der Waals surface area contributed by atoms with Crippen molar-refractivity contribution < 1.29 is 32.9 Å². The molecule has 3 aliphatic heterocycles. The van der Waals surface area contributed by atoms with Crippen LogP contribution < -0.4 is 26.7 Å². The summed E-state index contributed by atoms with van der Waals surface area (Å²) < 4.78 is 51.3. The van der Waals surface area contributed by atoms with Gasteiger partial charge in [0.1, 0.15) is 12.6 Å². The maximum Gasteiger partial charge on any atom is 0.404 e. The van der Waals surface area contributed by atoms with Crippen molar-refractivity contribution in [3.05, 3.63) is 23.8 Å². The SMILES string of the molecule is CCNC(O)NC1CC([C@@H]2NC(C(F)(F)F)CS2)C(C2=CC=CC(C3=NNC(COC(C)O)O3)C2)CN1. The van der Waals surface area contributed by atoms with Crippen LogP contribution in [0.5, 0.6) is 0 Å². The highest BCUT2D eigenvalue weighted by atomic mass is 32.2. The molecule has 14 heteroatoms. The number of aliphatic hydroxyl groups is 2. The third-order valence-electron chi connectivity index (χ3n) is 6.93. The van der Waals surface area contributed by atoms with E-state index in [1.54, 1.807) is 0 Å². The number of alkyl halides is 3. The Labute approximate surface area is 218 Å². The summed E-state index contributed by atoms with van der Waals surface area (Å²) in [6, 6.07) is -1.53. The van der Waals surface area contributed by atoms with Crippen LogP contribution in [0.4, 0.5) is 13.2 Å². The molecule has 4 rings (SSSR count). The first-order valence-electron chi connectivity index (χ1n) is 12.7. The van der Waals surface area contributed by atoms with E-state index in [4.69, 9.17) is 9.47 Å². The molecule has 0 spiro atoms. The lowest BCUT2D eigenvalue weighted by Crippen LogP contribution is -2.59. The van der Waals surface area contributed by atoms with Gasteiger partial charge in [-0.2, -0.15) is 13.2 Å². The standard InChI is InChI=1S/C23H37F3N6O4S/c1-3-27-22(34)30-18-8-15(21-29-17(11-37-21)23(24,25)26)16(9-28-18)13-5-4-6-14(7-13)20-32-31-19(36-20)10-35-12(2)33/h4-6,12,14-19,21-22,27-31,33-34H,3,7-11H2,1-2H3/t12?,14?,15?,16?,17?,18?,19?,21-,22?/m1/s1. The van der Waals surface area contributed by atoms with Gasteiger partial charge in [0.2, 0.25) is 12.1 Å². The van der Waals surface area contributed by atoms with Crippen LogP contribution >= 0.6 is 11.8 Å². The van der Waals surface area contributed by atoms with Crippen LogP contribution in [0.1, 0.15) is 26.7 Å². The summed E-state index contributed by atoms with van der Waals surface area (Å²) in [5.41, 5.74) is 3.98. The van der Waals surface area contributed by atoms with Crippen molar-refractivity contribution >= 4 is 17.7 Å². The lowest BCUT2D eigenvalue weighted by Gasteiger charge is -2.42. The minimum atomic E-state index is -4.29. The first-order chi connectivity index (χ1) is 17.6. The Morgan fingerprint density at radius 3 is 2.86 bits per heavy atom. The highest BCUT2D eigenvalue weighted by Gasteiger charge is 2.48. The lowest BCUT2D eigenvalue weighted by molar-refractivity contribution is -0.149. The molecule has 0 aromatic rings. The summed E-state index contributed by atoms with van der Waals surface area (Å²) >= 11 is 1.31. The molecule has 0 radical (unpaired) electrons. The molecule has 8 unspecified atom stereocenters. The average molecular weight is 551 g/mol. The van der Waals surface area contributed by atoms with E-state index < -0.39 is 31.1 Å². The Hall–Kier alpha value is -1.39. The fourth-order valence-electron chi connectivity index (χ4n) is 5.13. The average Bonchev–Trinajstić information content (AvgIpc) is 3.53. The molecule has 2 saturated heterocycles. The molecule has 4 aliphatic rings. The van der Waals surface area contributed by atoms with Gasteiger partial charge in [0.25, 0.3) is 0 Å². The zero-order chi connectivity index (χ0) is 26.6. The normalized spacial score (nSPS) is 35.9. The number of piperidine rings is 1. The molecule has 0 saturated carbocycles. The van der Waals surface area contributed by atoms with E-state index in [2.05, 4.69) is 31.8 Å². The number of ether oxygens (including phenoxy) is 2. The van der Waals surface area contributed by atoms with Gasteiger partial charge in [-0.25, -0.2) is 0 Å². The summed E-state index contributed by atoms with van der Waals surface area (Å²) in [6.07, 6.45) is 0.285. The van der Waals surface area contributed by atoms with Crippen molar-refractivity contribution in [3.63, 3.8) is 0 Å². The summed E-state index contributed by atoms with van der Waals surface area (Å²) in [7, 11) is 0. The fourth-order valence-corrected chi connectivity index (χ4v) is 6.63. The first-order valence-corrected chi connectivity index (χ1v) is 13.7. The van der Waals surface area contributed by atoms with Crippen molar-refractivity contribution in [2.75, 3.05) is 25.4 Å². The molecule has 0 bridgehead atoms. The van der Waals surface area contributed by atoms with Gasteiger partial charge in [-0.05, 0) is 38.1 Å². The third-order valence-corrected chi connectivity index (χ3v) is 8.30. The number of hydrazone groups is 1. The number of hydrogen-bond acceptors (Lipinski definition) is 11. The molecule has 3 heterocycles. The molecule has 7 N–H and O–H groups in total. The quantitative estimate of drug-likeness (QED) is 0.195. The van der Waals surface area contributed by atoms with E-state index >= 15 is 0 Å². The van der Waals surface area contributed by atoms with Crippen molar-refractivity contribution in [1.29, 1.82) is 0 Å². The molecule has 2 fully saturated rings. The van der Waals surface area contributed by atoms with Crippen LogP contribution in [0.15, 0.2) is 28.9 Å². The molecule has 10 nitrogen and oxygen atoms in total. The largest absolute Gasteiger partial charge is 0.451 e. The van der Waals surface area contributed by atoms with Crippen molar-refractivity contribution in [3.8, 4) is 0 Å². The topological polar surface area (TPSA) is 131 Å². The van der Waals surface area contributed by atoms with Gasteiger partial charge in [-0.1, -0.05) is 30.7 Å². The number of rotatable bonds is 10. The summed E-state index contributed by atoms with van der Waals surface area (Å²) in [5, 5.41) is 35.6. The predicted octanol–water partition coefficient (Wildman–Crippen LogP) is 0.723. The van der Waals surface area contributed by atoms with Gasteiger partial charge < -0.3 is 25.0 Å². The number of halogens is 3. The minimum absolute atomic E-state index is 0.0110. The maximum atomic E-state index is 13.4. The van der Waals surface area contributed by atoms with Gasteiger partial charge in [0, 0.05) is 12.3 Å². The van der Waals surface area contributed by atoms with Crippen LogP contribution in [0, 0.1) is 17.8 Å². The third kappa shape index (κ3) is 7.60. The van der Waals surface area contributed by atoms with Crippen LogP contribution in [0.2, 0.25) is 0 Å². The van der Waals surface area contributed by atoms with Gasteiger partial charge in [0.05, 0.1) is 17.5 Å². The van der Waals surface area contributed by atoms with Crippen molar-refractivity contribution in [2.45, 2.75) is 69.3 Å². The molecule has 0 aromatic carbocycles. The second-order valence-corrected chi connectivity index (χ2v) is 10.8. The number of hydrogen-bond donors (Lipinski definition) is 7. The Bertz CT molecular complexity index is 861. The Balaban J connectivity index is 1.43. The van der Waals surface area contributed by atoms with E-state index in [1.807, 2.05) is 25.2 Å². The second-order valence-electron chi connectivity index (χ2n) is 9.66. The summed E-state index contributed by atoms with van der Waals surface area (Å²) in [6.45, 7) is 4.66. The van der Waals surface area contributed by atoms with Gasteiger partial charge in [-0.3, -0.25) is 21.4 Å². The van der Waals surface area contributed by atoms with E-state index in [0.717, 1.165) is 5.57 Å². The molecular weight excluding hydrogens is 513 g/mol. The van der Waals surface area contributed by atoms with E-state index in [1.165, 1.54) is 18.7 Å². The number of nitrogens with zero attached hydrogens (tertiary/aromatic N) is 1. The molecular formula is C23H37F3N6O4S. The van der Waals surface area contributed by atoms with Crippen LogP contribution in [-0.2, 0) is 9.47 Å².